The van der Waals surface area contributed by atoms with Crippen LogP contribution in [0.5, 0.6) is 0 Å². The molecule has 1 saturated carbocycles. The zero-order chi connectivity index (χ0) is 18.6. The minimum absolute atomic E-state index is 0.0961. The molecule has 6 nitrogen and oxygen atoms in total. The van der Waals surface area contributed by atoms with Crippen molar-refractivity contribution in [3.05, 3.63) is 59.9 Å². The molecule has 0 unspecified atom stereocenters. The number of nitrogens with zero attached hydrogens (tertiary/aromatic N) is 3. The lowest BCUT2D eigenvalue weighted by Gasteiger charge is -2.08. The molecule has 1 amide bonds. The normalized spacial score (nSPS) is 13.2. The monoisotopic (exact) mass is 397 g/mol. The Hall–Kier alpha value is -2.64. The van der Waals surface area contributed by atoms with Crippen LogP contribution in [0.2, 0.25) is 5.15 Å². The highest BCUT2D eigenvalue weighted by Crippen LogP contribution is 2.31. The van der Waals surface area contributed by atoms with Crippen LogP contribution in [-0.2, 0) is 4.79 Å². The predicted octanol–water partition coefficient (Wildman–Crippen LogP) is 4.77. The Kier molecular flexibility index (Phi) is 5.22. The summed E-state index contributed by atoms with van der Waals surface area (Å²) in [6.07, 6.45) is 3.67. The maximum absolute atomic E-state index is 11.8. The van der Waals surface area contributed by atoms with Gasteiger partial charge in [0.2, 0.25) is 5.91 Å². The first-order valence-corrected chi connectivity index (χ1v) is 9.66. The summed E-state index contributed by atoms with van der Waals surface area (Å²) in [4.78, 5) is 25.7. The van der Waals surface area contributed by atoms with Crippen LogP contribution in [0.25, 0.3) is 0 Å². The number of aromatic nitrogens is 3. The van der Waals surface area contributed by atoms with Crippen molar-refractivity contribution in [2.75, 3.05) is 10.6 Å². The zero-order valence-corrected chi connectivity index (χ0v) is 15.8. The molecule has 0 bridgehead atoms. The Labute approximate surface area is 165 Å². The highest BCUT2D eigenvalue weighted by atomic mass is 35.5. The van der Waals surface area contributed by atoms with Gasteiger partial charge >= 0.3 is 0 Å². The number of pyridine rings is 1. The van der Waals surface area contributed by atoms with Crippen LogP contribution in [0.1, 0.15) is 12.8 Å². The molecule has 0 saturated heterocycles. The van der Waals surface area contributed by atoms with Gasteiger partial charge in [0, 0.05) is 28.8 Å². The molecule has 0 spiro atoms. The second kappa shape index (κ2) is 7.94. The fraction of sp³-hybridized carbons (Fsp3) is 0.158. The van der Waals surface area contributed by atoms with Crippen LogP contribution in [0.15, 0.2) is 64.8 Å². The standard InChI is InChI=1S/C19H16ClN5OS/c20-15-11-17(24-16-3-1-2-10-21-16)25-19(23-15)27-14-8-6-13(7-9-14)22-18(26)12-4-5-12/h1-3,6-12H,4-5H2,(H,22,26)(H,21,23,24,25). The van der Waals surface area contributed by atoms with E-state index < -0.39 is 0 Å². The van der Waals surface area contributed by atoms with Gasteiger partial charge in [0.15, 0.2) is 5.16 Å². The Morgan fingerprint density at radius 1 is 1.07 bits per heavy atom. The molecular formula is C19H16ClN5OS. The second-order valence-electron chi connectivity index (χ2n) is 6.09. The smallest absolute Gasteiger partial charge is 0.227 e. The molecule has 8 heteroatoms. The van der Waals surface area contributed by atoms with Gasteiger partial charge in [0.25, 0.3) is 0 Å². The third-order valence-electron chi connectivity index (χ3n) is 3.87. The summed E-state index contributed by atoms with van der Waals surface area (Å²) in [6.45, 7) is 0. The largest absolute Gasteiger partial charge is 0.326 e. The molecule has 0 atom stereocenters. The van der Waals surface area contributed by atoms with Crippen LogP contribution < -0.4 is 10.6 Å². The first-order valence-electron chi connectivity index (χ1n) is 8.47. The molecule has 4 rings (SSSR count). The van der Waals surface area contributed by atoms with Gasteiger partial charge in [-0.05, 0) is 61.0 Å². The molecule has 1 aliphatic rings. The third-order valence-corrected chi connectivity index (χ3v) is 4.94. The number of amides is 1. The number of halogens is 1. The minimum atomic E-state index is 0.0961. The first kappa shape index (κ1) is 17.8. The fourth-order valence-corrected chi connectivity index (χ4v) is 3.38. The van der Waals surface area contributed by atoms with Crippen molar-refractivity contribution in [1.82, 2.24) is 15.0 Å². The van der Waals surface area contributed by atoms with Gasteiger partial charge in [-0.3, -0.25) is 4.79 Å². The van der Waals surface area contributed by atoms with E-state index in [9.17, 15) is 4.79 Å². The lowest BCUT2D eigenvalue weighted by Crippen LogP contribution is -2.12. The van der Waals surface area contributed by atoms with Crippen molar-refractivity contribution in [2.45, 2.75) is 22.9 Å². The van der Waals surface area contributed by atoms with E-state index in [1.165, 1.54) is 11.8 Å². The highest BCUT2D eigenvalue weighted by molar-refractivity contribution is 7.99. The van der Waals surface area contributed by atoms with Gasteiger partial charge in [0.1, 0.15) is 16.8 Å². The maximum atomic E-state index is 11.8. The summed E-state index contributed by atoms with van der Waals surface area (Å²) in [6, 6.07) is 14.8. The minimum Gasteiger partial charge on any atom is -0.326 e. The maximum Gasteiger partial charge on any atom is 0.227 e. The quantitative estimate of drug-likeness (QED) is 0.460. The van der Waals surface area contributed by atoms with Crippen molar-refractivity contribution >= 4 is 46.6 Å². The first-order chi connectivity index (χ1) is 13.2. The number of carbonyl (C=O) groups is 1. The molecule has 3 aromatic rings. The lowest BCUT2D eigenvalue weighted by molar-refractivity contribution is -0.117. The number of benzene rings is 1. The summed E-state index contributed by atoms with van der Waals surface area (Å²) in [5.41, 5.74) is 0.792. The summed E-state index contributed by atoms with van der Waals surface area (Å²) in [5, 5.41) is 6.90. The number of anilines is 3. The van der Waals surface area contributed by atoms with Gasteiger partial charge in [0.05, 0.1) is 0 Å². The second-order valence-corrected chi connectivity index (χ2v) is 7.52. The third kappa shape index (κ3) is 4.96. The van der Waals surface area contributed by atoms with E-state index >= 15 is 0 Å². The summed E-state index contributed by atoms with van der Waals surface area (Å²) in [7, 11) is 0. The Bertz CT molecular complexity index is 948. The fourth-order valence-electron chi connectivity index (χ4n) is 2.38. The van der Waals surface area contributed by atoms with Crippen LogP contribution >= 0.6 is 23.4 Å². The average molecular weight is 398 g/mol. The van der Waals surface area contributed by atoms with Crippen molar-refractivity contribution in [1.29, 1.82) is 0 Å². The van der Waals surface area contributed by atoms with E-state index in [4.69, 9.17) is 11.6 Å². The van der Waals surface area contributed by atoms with Crippen molar-refractivity contribution < 1.29 is 4.79 Å². The molecule has 1 fully saturated rings. The number of hydrogen-bond acceptors (Lipinski definition) is 6. The molecule has 0 aliphatic heterocycles. The van der Waals surface area contributed by atoms with E-state index in [-0.39, 0.29) is 11.8 Å². The van der Waals surface area contributed by atoms with Crippen LogP contribution in [0.4, 0.5) is 17.3 Å². The molecule has 2 aromatic heterocycles. The van der Waals surface area contributed by atoms with Gasteiger partial charge in [-0.15, -0.1) is 0 Å². The van der Waals surface area contributed by atoms with Gasteiger partial charge in [-0.25, -0.2) is 15.0 Å². The van der Waals surface area contributed by atoms with E-state index in [0.717, 1.165) is 23.4 Å². The van der Waals surface area contributed by atoms with E-state index in [1.54, 1.807) is 12.3 Å². The molecular weight excluding hydrogens is 382 g/mol. The predicted molar refractivity (Wildman–Crippen MR) is 106 cm³/mol. The Morgan fingerprint density at radius 2 is 1.89 bits per heavy atom. The zero-order valence-electron chi connectivity index (χ0n) is 14.2. The average Bonchev–Trinajstić information content (AvgIpc) is 3.49. The molecule has 0 radical (unpaired) electrons. The van der Waals surface area contributed by atoms with Crippen LogP contribution in [0, 0.1) is 5.92 Å². The van der Waals surface area contributed by atoms with Gasteiger partial charge < -0.3 is 10.6 Å². The van der Waals surface area contributed by atoms with E-state index in [0.29, 0.717) is 21.9 Å². The molecule has 136 valence electrons. The molecule has 1 aliphatic carbocycles. The van der Waals surface area contributed by atoms with Gasteiger partial charge in [-0.1, -0.05) is 17.7 Å². The topological polar surface area (TPSA) is 79.8 Å². The summed E-state index contributed by atoms with van der Waals surface area (Å²) < 4.78 is 0. The SMILES string of the molecule is O=C(Nc1ccc(Sc2nc(Cl)cc(Nc3ccccn3)n2)cc1)C1CC1. The molecule has 2 N–H and O–H groups in total. The van der Waals surface area contributed by atoms with Crippen LogP contribution in [0.3, 0.4) is 0 Å². The number of nitrogens with one attached hydrogen (secondary N) is 2. The highest BCUT2D eigenvalue weighted by Gasteiger charge is 2.29. The summed E-state index contributed by atoms with van der Waals surface area (Å²) >= 11 is 7.52. The van der Waals surface area contributed by atoms with Crippen molar-refractivity contribution in [2.24, 2.45) is 5.92 Å². The number of rotatable bonds is 6. The Morgan fingerprint density at radius 3 is 2.59 bits per heavy atom. The molecule has 27 heavy (non-hydrogen) atoms. The van der Waals surface area contributed by atoms with E-state index in [2.05, 4.69) is 25.6 Å². The molecule has 2 heterocycles. The van der Waals surface area contributed by atoms with Crippen LogP contribution in [-0.4, -0.2) is 20.9 Å². The van der Waals surface area contributed by atoms with Crippen molar-refractivity contribution in [3.63, 3.8) is 0 Å². The molecule has 1 aromatic carbocycles. The Balaban J connectivity index is 1.44. The number of carbonyl (C=O) groups excluding carboxylic acids is 1. The summed E-state index contributed by atoms with van der Waals surface area (Å²) in [5.74, 6) is 1.53. The van der Waals surface area contributed by atoms with E-state index in [1.807, 2.05) is 42.5 Å². The van der Waals surface area contributed by atoms with Gasteiger partial charge in [-0.2, -0.15) is 0 Å². The number of hydrogen-bond donors (Lipinski definition) is 2. The lowest BCUT2D eigenvalue weighted by atomic mass is 10.3. The van der Waals surface area contributed by atoms with Crippen molar-refractivity contribution in [3.8, 4) is 0 Å².